The van der Waals surface area contributed by atoms with E-state index in [9.17, 15) is 10.1 Å². The van der Waals surface area contributed by atoms with Gasteiger partial charge in [0.25, 0.3) is 5.69 Å². The first-order valence-electron chi connectivity index (χ1n) is 6.12. The largest absolute Gasteiger partial charge is 0.318 e. The molecule has 1 saturated heterocycles. The summed E-state index contributed by atoms with van der Waals surface area (Å²) in [7, 11) is 2.09. The second-order valence-electron chi connectivity index (χ2n) is 4.78. The van der Waals surface area contributed by atoms with Gasteiger partial charge in [-0.1, -0.05) is 11.6 Å². The quantitative estimate of drug-likeness (QED) is 0.680. The molecule has 0 spiro atoms. The number of nitrogens with zero attached hydrogens (tertiary/aromatic N) is 3. The van der Waals surface area contributed by atoms with Gasteiger partial charge in [-0.3, -0.25) is 10.1 Å². The molecule has 0 saturated carbocycles. The number of benzene rings is 1. The number of aryl methyl sites for hydroxylation is 1. The molecule has 0 aromatic heterocycles. The van der Waals surface area contributed by atoms with Gasteiger partial charge in [-0.15, -0.1) is 0 Å². The maximum absolute atomic E-state index is 10.8. The number of likely N-dealkylation sites (N-methyl/N-ethyl adjacent to an activating group) is 1. The molecule has 0 atom stereocenters. The maximum Gasteiger partial charge on any atom is 0.288 e. The van der Waals surface area contributed by atoms with Crippen LogP contribution in [0.1, 0.15) is 5.56 Å². The monoisotopic (exact) mass is 284 g/mol. The van der Waals surface area contributed by atoms with E-state index in [2.05, 4.69) is 22.4 Å². The fourth-order valence-electron chi connectivity index (χ4n) is 2.02. The topological polar surface area (TPSA) is 61.7 Å². The van der Waals surface area contributed by atoms with Crippen LogP contribution in [0.15, 0.2) is 12.1 Å². The number of hydrazine groups is 1. The van der Waals surface area contributed by atoms with Crippen LogP contribution in [-0.2, 0) is 0 Å². The summed E-state index contributed by atoms with van der Waals surface area (Å²) in [6, 6.07) is 3.12. The fraction of sp³-hybridized carbons (Fsp3) is 0.500. The van der Waals surface area contributed by atoms with Crippen LogP contribution in [-0.4, -0.2) is 48.1 Å². The number of rotatable bonds is 3. The molecule has 0 aliphatic carbocycles. The Labute approximate surface area is 117 Å². The molecule has 0 amide bonds. The number of nitro benzene ring substituents is 1. The van der Waals surface area contributed by atoms with Gasteiger partial charge in [-0.25, -0.2) is 5.01 Å². The fourth-order valence-corrected chi connectivity index (χ4v) is 2.25. The van der Waals surface area contributed by atoms with Crippen LogP contribution < -0.4 is 5.43 Å². The van der Waals surface area contributed by atoms with Crippen molar-refractivity contribution in [2.45, 2.75) is 6.92 Å². The lowest BCUT2D eigenvalue weighted by Gasteiger charge is -2.33. The third kappa shape index (κ3) is 3.34. The number of piperazine rings is 1. The lowest BCUT2D eigenvalue weighted by atomic mass is 10.2. The molecule has 0 radical (unpaired) electrons. The van der Waals surface area contributed by atoms with Crippen LogP contribution >= 0.6 is 11.6 Å². The lowest BCUT2D eigenvalue weighted by molar-refractivity contribution is -0.384. The Bertz CT molecular complexity index is 487. The zero-order valence-corrected chi connectivity index (χ0v) is 11.8. The third-order valence-electron chi connectivity index (χ3n) is 3.27. The Morgan fingerprint density at radius 3 is 2.53 bits per heavy atom. The Morgan fingerprint density at radius 1 is 1.32 bits per heavy atom. The van der Waals surface area contributed by atoms with E-state index < -0.39 is 4.92 Å². The zero-order chi connectivity index (χ0) is 14.0. The van der Waals surface area contributed by atoms with E-state index in [4.69, 9.17) is 11.6 Å². The molecule has 1 aromatic rings. The van der Waals surface area contributed by atoms with Gasteiger partial charge in [0.15, 0.2) is 0 Å². The predicted octanol–water partition coefficient (Wildman–Crippen LogP) is 2.13. The van der Waals surface area contributed by atoms with Gasteiger partial charge in [0.2, 0.25) is 0 Å². The SMILES string of the molecule is Cc1cc([N+](=O)[O-])c(Cl)cc1NN1CCN(C)CC1. The van der Waals surface area contributed by atoms with E-state index >= 15 is 0 Å². The van der Waals surface area contributed by atoms with Crippen LogP contribution in [0.5, 0.6) is 0 Å². The zero-order valence-electron chi connectivity index (χ0n) is 11.0. The standard InChI is InChI=1S/C12H17ClN4O2/c1-9-7-12(17(18)19)10(13)8-11(9)14-16-5-3-15(2)4-6-16/h7-8,14H,3-6H2,1-2H3. The molecule has 0 bridgehead atoms. The van der Waals surface area contributed by atoms with Crippen molar-refractivity contribution in [3.63, 3.8) is 0 Å². The number of hydrogen-bond donors (Lipinski definition) is 1. The summed E-state index contributed by atoms with van der Waals surface area (Å²) in [4.78, 5) is 12.6. The van der Waals surface area contributed by atoms with E-state index in [1.807, 2.05) is 6.92 Å². The summed E-state index contributed by atoms with van der Waals surface area (Å²) in [5, 5.41) is 13.1. The Hall–Kier alpha value is -1.37. The van der Waals surface area contributed by atoms with E-state index in [-0.39, 0.29) is 10.7 Å². The van der Waals surface area contributed by atoms with Crippen molar-refractivity contribution in [2.24, 2.45) is 0 Å². The third-order valence-corrected chi connectivity index (χ3v) is 3.58. The van der Waals surface area contributed by atoms with Crippen LogP contribution in [0.2, 0.25) is 5.02 Å². The van der Waals surface area contributed by atoms with Crippen molar-refractivity contribution in [3.05, 3.63) is 32.8 Å². The molecule has 1 fully saturated rings. The summed E-state index contributed by atoms with van der Waals surface area (Å²) in [6.07, 6.45) is 0. The van der Waals surface area contributed by atoms with Crippen molar-refractivity contribution < 1.29 is 4.92 Å². The van der Waals surface area contributed by atoms with Crippen molar-refractivity contribution in [1.29, 1.82) is 0 Å². The first-order valence-corrected chi connectivity index (χ1v) is 6.50. The first kappa shape index (κ1) is 14.0. The summed E-state index contributed by atoms with van der Waals surface area (Å²) in [5.41, 5.74) is 4.86. The molecule has 104 valence electrons. The van der Waals surface area contributed by atoms with E-state index in [0.29, 0.717) is 0 Å². The minimum absolute atomic E-state index is 0.0527. The average molecular weight is 285 g/mol. The van der Waals surface area contributed by atoms with Gasteiger partial charge in [-0.05, 0) is 25.6 Å². The molecular formula is C12H17ClN4O2. The summed E-state index contributed by atoms with van der Waals surface area (Å²) in [6.45, 7) is 5.64. The molecule has 1 aliphatic rings. The molecule has 1 N–H and O–H groups in total. The van der Waals surface area contributed by atoms with Gasteiger partial charge in [0, 0.05) is 32.2 Å². The Balaban J connectivity index is 2.13. The van der Waals surface area contributed by atoms with Crippen molar-refractivity contribution >= 4 is 23.0 Å². The number of halogens is 1. The van der Waals surface area contributed by atoms with Crippen molar-refractivity contribution in [3.8, 4) is 0 Å². The molecule has 1 aromatic carbocycles. The summed E-state index contributed by atoms with van der Waals surface area (Å²) in [5.74, 6) is 0. The maximum atomic E-state index is 10.8. The van der Waals surface area contributed by atoms with Crippen molar-refractivity contribution in [1.82, 2.24) is 9.91 Å². The predicted molar refractivity (Wildman–Crippen MR) is 75.5 cm³/mol. The van der Waals surface area contributed by atoms with Crippen LogP contribution in [0, 0.1) is 17.0 Å². The molecule has 1 heterocycles. The first-order chi connectivity index (χ1) is 8.97. The molecule has 1 aliphatic heterocycles. The van der Waals surface area contributed by atoms with Gasteiger partial charge in [0.1, 0.15) is 5.02 Å². The van der Waals surface area contributed by atoms with Crippen LogP contribution in [0.4, 0.5) is 11.4 Å². The Kier molecular flexibility index (Phi) is 4.24. The molecular weight excluding hydrogens is 268 g/mol. The second-order valence-corrected chi connectivity index (χ2v) is 5.18. The van der Waals surface area contributed by atoms with Crippen molar-refractivity contribution in [2.75, 3.05) is 38.7 Å². The molecule has 19 heavy (non-hydrogen) atoms. The second kappa shape index (κ2) is 5.73. The number of hydrogen-bond acceptors (Lipinski definition) is 5. The summed E-state index contributed by atoms with van der Waals surface area (Å²) < 4.78 is 0. The summed E-state index contributed by atoms with van der Waals surface area (Å²) >= 11 is 5.93. The van der Waals surface area contributed by atoms with Gasteiger partial charge >= 0.3 is 0 Å². The molecule has 0 unspecified atom stereocenters. The normalized spacial score (nSPS) is 17.4. The smallest absolute Gasteiger partial charge is 0.288 e. The molecule has 2 rings (SSSR count). The van der Waals surface area contributed by atoms with E-state index in [0.717, 1.165) is 37.4 Å². The van der Waals surface area contributed by atoms with Crippen LogP contribution in [0.3, 0.4) is 0 Å². The van der Waals surface area contributed by atoms with E-state index in [1.54, 1.807) is 6.07 Å². The minimum atomic E-state index is -0.463. The number of nitrogens with one attached hydrogen (secondary N) is 1. The highest BCUT2D eigenvalue weighted by molar-refractivity contribution is 6.33. The molecule has 7 heteroatoms. The van der Waals surface area contributed by atoms with Gasteiger partial charge in [-0.2, -0.15) is 0 Å². The minimum Gasteiger partial charge on any atom is -0.318 e. The Morgan fingerprint density at radius 2 is 1.95 bits per heavy atom. The van der Waals surface area contributed by atoms with E-state index in [1.165, 1.54) is 6.07 Å². The average Bonchev–Trinajstić information content (AvgIpc) is 2.35. The number of nitro groups is 1. The highest BCUT2D eigenvalue weighted by Crippen LogP contribution is 2.30. The number of anilines is 1. The van der Waals surface area contributed by atoms with Crippen LogP contribution in [0.25, 0.3) is 0 Å². The molecule has 6 nitrogen and oxygen atoms in total. The highest BCUT2D eigenvalue weighted by atomic mass is 35.5. The van der Waals surface area contributed by atoms with Gasteiger partial charge < -0.3 is 10.3 Å². The highest BCUT2D eigenvalue weighted by Gasteiger charge is 2.18. The lowest BCUT2D eigenvalue weighted by Crippen LogP contribution is -2.47. The van der Waals surface area contributed by atoms with Gasteiger partial charge in [0.05, 0.1) is 10.6 Å².